The van der Waals surface area contributed by atoms with Crippen LogP contribution in [-0.4, -0.2) is 48.6 Å². The predicted octanol–water partition coefficient (Wildman–Crippen LogP) is 4.40. The van der Waals surface area contributed by atoms with Crippen molar-refractivity contribution in [3.8, 4) is 22.9 Å². The van der Waals surface area contributed by atoms with Gasteiger partial charge >= 0.3 is 5.97 Å². The standard InChI is InChI=1S/C25H24F2N6O3/c1-2-15-7-5-10-32(22(15)25(34)35)24-18(27)13-28-23(29-24)20-12-21(19-9-11-36-31-19)33(30-20)14-16-6-3-4-8-17(16)26/h3-4,6,8-9,11-13,15,22H,2,5,7,10,14H2,1H3,(H,34,35)/t15-,22+/m0/s1. The predicted molar refractivity (Wildman–Crippen MR) is 126 cm³/mol. The summed E-state index contributed by atoms with van der Waals surface area (Å²) in [5.41, 5.74) is 1.73. The van der Waals surface area contributed by atoms with Gasteiger partial charge in [-0.1, -0.05) is 36.7 Å². The van der Waals surface area contributed by atoms with Gasteiger partial charge in [-0.05, 0) is 30.9 Å². The first kappa shape index (κ1) is 23.6. The highest BCUT2D eigenvalue weighted by Crippen LogP contribution is 2.33. The minimum Gasteiger partial charge on any atom is -0.480 e. The lowest BCUT2D eigenvalue weighted by Gasteiger charge is -2.39. The number of carboxylic acids is 1. The Balaban J connectivity index is 1.56. The number of rotatable bonds is 7. The normalized spacial score (nSPS) is 17.9. The second-order valence-corrected chi connectivity index (χ2v) is 8.70. The summed E-state index contributed by atoms with van der Waals surface area (Å²) in [5, 5.41) is 18.4. The fourth-order valence-electron chi connectivity index (χ4n) is 4.74. The van der Waals surface area contributed by atoms with Crippen LogP contribution in [0.15, 0.2) is 53.4 Å². The molecule has 0 radical (unpaired) electrons. The molecular formula is C25H24F2N6O3. The van der Waals surface area contributed by atoms with Crippen molar-refractivity contribution in [2.24, 2.45) is 5.92 Å². The minimum absolute atomic E-state index is 0.0720. The van der Waals surface area contributed by atoms with Gasteiger partial charge in [0.15, 0.2) is 17.5 Å². The van der Waals surface area contributed by atoms with Crippen molar-refractivity contribution in [1.82, 2.24) is 24.9 Å². The Bertz CT molecular complexity index is 1370. The zero-order valence-electron chi connectivity index (χ0n) is 19.5. The molecule has 0 saturated carbocycles. The second kappa shape index (κ2) is 9.84. The fourth-order valence-corrected chi connectivity index (χ4v) is 4.74. The van der Waals surface area contributed by atoms with Gasteiger partial charge in [0.25, 0.3) is 0 Å². The van der Waals surface area contributed by atoms with Gasteiger partial charge in [0, 0.05) is 18.2 Å². The lowest BCUT2D eigenvalue weighted by Crippen LogP contribution is -2.50. The third kappa shape index (κ3) is 4.43. The molecule has 4 heterocycles. The van der Waals surface area contributed by atoms with E-state index in [4.69, 9.17) is 4.52 Å². The largest absolute Gasteiger partial charge is 0.480 e. The van der Waals surface area contributed by atoms with Gasteiger partial charge in [0.1, 0.15) is 29.5 Å². The van der Waals surface area contributed by atoms with Gasteiger partial charge in [0.05, 0.1) is 18.4 Å². The molecule has 0 bridgehead atoms. The lowest BCUT2D eigenvalue weighted by atomic mass is 9.87. The van der Waals surface area contributed by atoms with Crippen LogP contribution in [0.3, 0.4) is 0 Å². The van der Waals surface area contributed by atoms with Crippen LogP contribution in [-0.2, 0) is 11.3 Å². The summed E-state index contributed by atoms with van der Waals surface area (Å²) < 4.78 is 35.8. The van der Waals surface area contributed by atoms with Gasteiger partial charge in [0.2, 0.25) is 0 Å². The van der Waals surface area contributed by atoms with E-state index >= 15 is 0 Å². The van der Waals surface area contributed by atoms with Crippen molar-refractivity contribution in [2.75, 3.05) is 11.4 Å². The average Bonchev–Trinajstić information content (AvgIpc) is 3.55. The third-order valence-corrected chi connectivity index (χ3v) is 6.52. The lowest BCUT2D eigenvalue weighted by molar-refractivity contribution is -0.140. The topological polar surface area (TPSA) is 110 Å². The van der Waals surface area contributed by atoms with E-state index in [9.17, 15) is 18.7 Å². The number of halogens is 2. The maximum Gasteiger partial charge on any atom is 0.326 e. The van der Waals surface area contributed by atoms with E-state index in [1.54, 1.807) is 35.0 Å². The molecule has 1 aromatic carbocycles. The quantitative estimate of drug-likeness (QED) is 0.403. The Labute approximate surface area is 205 Å². The highest BCUT2D eigenvalue weighted by molar-refractivity contribution is 5.78. The maximum atomic E-state index is 14.9. The molecule has 0 unspecified atom stereocenters. The molecule has 0 amide bonds. The Kier molecular flexibility index (Phi) is 6.45. The number of carbonyl (C=O) groups is 1. The number of anilines is 1. The Morgan fingerprint density at radius 2 is 2.03 bits per heavy atom. The zero-order chi connectivity index (χ0) is 25.2. The van der Waals surface area contributed by atoms with Crippen LogP contribution in [0, 0.1) is 17.6 Å². The minimum atomic E-state index is -1.01. The molecule has 2 atom stereocenters. The first-order valence-corrected chi connectivity index (χ1v) is 11.7. The van der Waals surface area contributed by atoms with Crippen LogP contribution in [0.4, 0.5) is 14.6 Å². The van der Waals surface area contributed by atoms with Gasteiger partial charge in [-0.2, -0.15) is 5.10 Å². The van der Waals surface area contributed by atoms with Crippen molar-refractivity contribution < 1.29 is 23.2 Å². The first-order chi connectivity index (χ1) is 17.5. The van der Waals surface area contributed by atoms with Crippen LogP contribution in [0.1, 0.15) is 31.7 Å². The van der Waals surface area contributed by atoms with Crippen molar-refractivity contribution in [3.05, 3.63) is 66.1 Å². The number of hydrogen-bond donors (Lipinski definition) is 1. The number of piperidine rings is 1. The van der Waals surface area contributed by atoms with Crippen LogP contribution >= 0.6 is 0 Å². The molecule has 3 aromatic heterocycles. The maximum absolute atomic E-state index is 14.9. The van der Waals surface area contributed by atoms with E-state index in [0.717, 1.165) is 19.0 Å². The Morgan fingerprint density at radius 1 is 1.19 bits per heavy atom. The molecule has 0 aliphatic carbocycles. The summed E-state index contributed by atoms with van der Waals surface area (Å²) >= 11 is 0. The number of carboxylic acid groups (broad SMARTS) is 1. The van der Waals surface area contributed by atoms with E-state index < -0.39 is 17.8 Å². The second-order valence-electron chi connectivity index (χ2n) is 8.70. The smallest absolute Gasteiger partial charge is 0.326 e. The number of hydrogen-bond acceptors (Lipinski definition) is 7. The van der Waals surface area contributed by atoms with E-state index in [-0.39, 0.29) is 29.9 Å². The molecule has 4 aromatic rings. The van der Waals surface area contributed by atoms with Crippen LogP contribution in [0.5, 0.6) is 0 Å². The highest BCUT2D eigenvalue weighted by atomic mass is 19.1. The van der Waals surface area contributed by atoms with E-state index in [1.165, 1.54) is 17.2 Å². The number of benzene rings is 1. The Morgan fingerprint density at radius 3 is 2.75 bits per heavy atom. The molecule has 9 nitrogen and oxygen atoms in total. The van der Waals surface area contributed by atoms with Gasteiger partial charge < -0.3 is 14.5 Å². The number of nitrogens with zero attached hydrogens (tertiary/aromatic N) is 6. The van der Waals surface area contributed by atoms with E-state index in [1.807, 2.05) is 6.92 Å². The summed E-state index contributed by atoms with van der Waals surface area (Å²) in [6, 6.07) is 8.78. The first-order valence-electron chi connectivity index (χ1n) is 11.7. The summed E-state index contributed by atoms with van der Waals surface area (Å²) in [4.78, 5) is 22.1. The summed E-state index contributed by atoms with van der Waals surface area (Å²) in [5.74, 6) is -2.17. The molecule has 1 fully saturated rings. The molecule has 1 saturated heterocycles. The van der Waals surface area contributed by atoms with Crippen LogP contribution in [0.2, 0.25) is 0 Å². The molecule has 5 rings (SSSR count). The van der Waals surface area contributed by atoms with Crippen molar-refractivity contribution in [1.29, 1.82) is 0 Å². The fraction of sp³-hybridized carbons (Fsp3) is 0.320. The average molecular weight is 495 g/mol. The molecule has 0 spiro atoms. The highest BCUT2D eigenvalue weighted by Gasteiger charge is 2.38. The SMILES string of the molecule is CC[C@H]1CCCN(c2nc(-c3cc(-c4ccon4)n(Cc4ccccc4F)n3)ncc2F)[C@H]1C(=O)O. The number of aromatic nitrogens is 5. The van der Waals surface area contributed by atoms with Gasteiger partial charge in [-0.25, -0.2) is 23.5 Å². The van der Waals surface area contributed by atoms with Crippen molar-refractivity contribution in [3.63, 3.8) is 0 Å². The molecule has 36 heavy (non-hydrogen) atoms. The molecule has 186 valence electrons. The van der Waals surface area contributed by atoms with Crippen molar-refractivity contribution >= 4 is 11.8 Å². The van der Waals surface area contributed by atoms with E-state index in [2.05, 4.69) is 20.2 Å². The Hall–Kier alpha value is -4.15. The summed E-state index contributed by atoms with van der Waals surface area (Å²) in [6.45, 7) is 2.40. The van der Waals surface area contributed by atoms with E-state index in [0.29, 0.717) is 35.6 Å². The third-order valence-electron chi connectivity index (χ3n) is 6.52. The van der Waals surface area contributed by atoms with Crippen LogP contribution in [0.25, 0.3) is 22.9 Å². The molecule has 11 heteroatoms. The van der Waals surface area contributed by atoms with Crippen LogP contribution < -0.4 is 4.90 Å². The molecule has 1 N–H and O–H groups in total. The summed E-state index contributed by atoms with van der Waals surface area (Å²) in [6.07, 6.45) is 4.58. The van der Waals surface area contributed by atoms with Gasteiger partial charge in [-0.15, -0.1) is 0 Å². The molecular weight excluding hydrogens is 470 g/mol. The molecule has 1 aliphatic heterocycles. The summed E-state index contributed by atoms with van der Waals surface area (Å²) in [7, 11) is 0. The number of aliphatic carboxylic acids is 1. The zero-order valence-corrected chi connectivity index (χ0v) is 19.5. The van der Waals surface area contributed by atoms with Gasteiger partial charge in [-0.3, -0.25) is 4.68 Å². The van der Waals surface area contributed by atoms with Crippen molar-refractivity contribution in [2.45, 2.75) is 38.8 Å². The molecule has 1 aliphatic rings. The monoisotopic (exact) mass is 494 g/mol.